The predicted molar refractivity (Wildman–Crippen MR) is 65.2 cm³/mol. The number of hydrogen-bond acceptors (Lipinski definition) is 1. The summed E-state index contributed by atoms with van der Waals surface area (Å²) in [6, 6.07) is 6.42. The van der Waals surface area contributed by atoms with Gasteiger partial charge in [0.1, 0.15) is 0 Å². The van der Waals surface area contributed by atoms with Crippen LogP contribution in [0.4, 0.5) is 0 Å². The lowest BCUT2D eigenvalue weighted by Gasteiger charge is -2.16. The van der Waals surface area contributed by atoms with Crippen LogP contribution in [0.25, 0.3) is 0 Å². The average Bonchev–Trinajstić information content (AvgIpc) is 2.74. The van der Waals surface area contributed by atoms with Crippen molar-refractivity contribution in [3.05, 3.63) is 34.9 Å². The lowest BCUT2D eigenvalue weighted by molar-refractivity contribution is 0.136. The molecule has 2 aliphatic rings. The van der Waals surface area contributed by atoms with Crippen molar-refractivity contribution in [2.75, 3.05) is 0 Å². The molecule has 1 N–H and O–H groups in total. The number of aryl methyl sites for hydroxylation is 2. The highest BCUT2D eigenvalue weighted by Crippen LogP contribution is 2.62. The summed E-state index contributed by atoms with van der Waals surface area (Å²) in [5.41, 5.74) is 3.66. The zero-order valence-electron chi connectivity index (χ0n) is 10.1. The maximum Gasteiger partial charge on any atom is 0.0826 e. The normalized spacial score (nSPS) is 33.6. The summed E-state index contributed by atoms with van der Waals surface area (Å²) >= 11 is 0. The van der Waals surface area contributed by atoms with Crippen LogP contribution >= 0.6 is 0 Å². The molecule has 16 heavy (non-hydrogen) atoms. The monoisotopic (exact) mass is 216 g/mol. The molecule has 0 bridgehead atoms. The molecule has 1 nitrogen and oxygen atoms in total. The fourth-order valence-electron chi connectivity index (χ4n) is 3.63. The number of rotatable bonds is 2. The van der Waals surface area contributed by atoms with E-state index in [9.17, 15) is 5.11 Å². The van der Waals surface area contributed by atoms with Gasteiger partial charge in [-0.15, -0.1) is 0 Å². The van der Waals surface area contributed by atoms with Gasteiger partial charge in [0, 0.05) is 0 Å². The first kappa shape index (κ1) is 10.3. The minimum Gasteiger partial charge on any atom is -0.388 e. The summed E-state index contributed by atoms with van der Waals surface area (Å²) in [6.07, 6.45) is 3.86. The molecule has 1 aromatic rings. The number of benzene rings is 1. The van der Waals surface area contributed by atoms with Crippen molar-refractivity contribution in [3.8, 4) is 0 Å². The highest BCUT2D eigenvalue weighted by Gasteiger charge is 2.55. The van der Waals surface area contributed by atoms with Gasteiger partial charge in [0.25, 0.3) is 0 Å². The topological polar surface area (TPSA) is 20.2 Å². The van der Waals surface area contributed by atoms with Gasteiger partial charge in [-0.05, 0) is 55.6 Å². The minimum atomic E-state index is -0.213. The lowest BCUT2D eigenvalue weighted by atomic mass is 9.95. The Morgan fingerprint density at radius 3 is 2.56 bits per heavy atom. The first-order valence-corrected chi connectivity index (χ1v) is 6.43. The molecular weight excluding hydrogens is 196 g/mol. The number of aliphatic hydroxyl groups is 1. The van der Waals surface area contributed by atoms with Crippen molar-refractivity contribution >= 4 is 0 Å². The van der Waals surface area contributed by atoms with Crippen molar-refractivity contribution in [1.82, 2.24) is 0 Å². The first-order chi connectivity index (χ1) is 7.68. The Morgan fingerprint density at radius 2 is 1.88 bits per heavy atom. The van der Waals surface area contributed by atoms with Gasteiger partial charge in [-0.25, -0.2) is 0 Å². The maximum atomic E-state index is 10.5. The fraction of sp³-hybridized carbons (Fsp3) is 0.600. The average molecular weight is 216 g/mol. The Hall–Kier alpha value is -0.820. The molecule has 0 heterocycles. The fourth-order valence-corrected chi connectivity index (χ4v) is 3.63. The van der Waals surface area contributed by atoms with Crippen LogP contribution in [-0.4, -0.2) is 5.11 Å². The molecule has 2 fully saturated rings. The second-order valence-corrected chi connectivity index (χ2v) is 5.64. The Labute approximate surface area is 97.5 Å². The van der Waals surface area contributed by atoms with Gasteiger partial charge in [-0.2, -0.15) is 0 Å². The van der Waals surface area contributed by atoms with Crippen LogP contribution in [0, 0.1) is 31.6 Å². The van der Waals surface area contributed by atoms with Crippen LogP contribution in [0.1, 0.15) is 42.1 Å². The molecule has 0 spiro atoms. The van der Waals surface area contributed by atoms with Crippen molar-refractivity contribution in [1.29, 1.82) is 0 Å². The summed E-state index contributed by atoms with van der Waals surface area (Å²) in [5.74, 6) is 2.22. The molecule has 1 heteroatoms. The maximum absolute atomic E-state index is 10.5. The van der Waals surface area contributed by atoms with E-state index in [-0.39, 0.29) is 6.10 Å². The van der Waals surface area contributed by atoms with Gasteiger partial charge in [0.05, 0.1) is 6.10 Å². The zero-order valence-corrected chi connectivity index (χ0v) is 10.1. The van der Waals surface area contributed by atoms with E-state index in [0.717, 1.165) is 11.8 Å². The van der Waals surface area contributed by atoms with Crippen molar-refractivity contribution in [3.63, 3.8) is 0 Å². The smallest absolute Gasteiger partial charge is 0.0826 e. The van der Waals surface area contributed by atoms with Gasteiger partial charge >= 0.3 is 0 Å². The molecule has 0 amide bonds. The summed E-state index contributed by atoms with van der Waals surface area (Å²) in [4.78, 5) is 0. The third kappa shape index (κ3) is 1.49. The molecule has 3 unspecified atom stereocenters. The molecule has 86 valence electrons. The Kier molecular flexibility index (Phi) is 2.32. The molecule has 3 atom stereocenters. The van der Waals surface area contributed by atoms with Crippen molar-refractivity contribution < 1.29 is 5.11 Å². The highest BCUT2D eigenvalue weighted by molar-refractivity contribution is 5.33. The molecule has 3 rings (SSSR count). The molecule has 1 aromatic carbocycles. The van der Waals surface area contributed by atoms with E-state index in [0.29, 0.717) is 5.92 Å². The van der Waals surface area contributed by atoms with Gasteiger partial charge in [-0.3, -0.25) is 0 Å². The third-order valence-corrected chi connectivity index (χ3v) is 4.59. The van der Waals surface area contributed by atoms with E-state index in [1.807, 2.05) is 0 Å². The van der Waals surface area contributed by atoms with Crippen LogP contribution in [0.2, 0.25) is 0 Å². The van der Waals surface area contributed by atoms with Crippen molar-refractivity contribution in [2.24, 2.45) is 17.8 Å². The molecule has 0 radical (unpaired) electrons. The second kappa shape index (κ2) is 3.59. The van der Waals surface area contributed by atoms with E-state index >= 15 is 0 Å². The largest absolute Gasteiger partial charge is 0.388 e. The van der Waals surface area contributed by atoms with Crippen LogP contribution in [0.3, 0.4) is 0 Å². The summed E-state index contributed by atoms with van der Waals surface area (Å²) in [7, 11) is 0. The van der Waals surface area contributed by atoms with Crippen LogP contribution in [0.5, 0.6) is 0 Å². The van der Waals surface area contributed by atoms with Gasteiger partial charge in [0.15, 0.2) is 0 Å². The zero-order chi connectivity index (χ0) is 11.3. The first-order valence-electron chi connectivity index (χ1n) is 6.43. The van der Waals surface area contributed by atoms with E-state index in [1.165, 1.54) is 36.0 Å². The van der Waals surface area contributed by atoms with Crippen molar-refractivity contribution in [2.45, 2.75) is 39.2 Å². The highest BCUT2D eigenvalue weighted by atomic mass is 16.3. The lowest BCUT2D eigenvalue weighted by Crippen LogP contribution is -2.06. The molecule has 2 saturated carbocycles. The Morgan fingerprint density at radius 1 is 1.19 bits per heavy atom. The SMILES string of the molecule is Cc1ccc(C)c(C(O)C2C3CCCC32)c1. The summed E-state index contributed by atoms with van der Waals surface area (Å²) in [6.45, 7) is 4.21. The van der Waals surface area contributed by atoms with Gasteiger partial charge in [0.2, 0.25) is 0 Å². The van der Waals surface area contributed by atoms with Gasteiger partial charge < -0.3 is 5.11 Å². The van der Waals surface area contributed by atoms with Crippen LogP contribution < -0.4 is 0 Å². The molecule has 0 saturated heterocycles. The Balaban J connectivity index is 1.84. The second-order valence-electron chi connectivity index (χ2n) is 5.64. The predicted octanol–water partition coefficient (Wildman–Crippen LogP) is 3.38. The molecule has 2 aliphatic carbocycles. The standard InChI is InChI=1S/C15H20O/c1-9-6-7-10(2)13(8-9)15(16)14-11-4-3-5-12(11)14/h6-8,11-12,14-16H,3-5H2,1-2H3. The summed E-state index contributed by atoms with van der Waals surface area (Å²) in [5, 5.41) is 10.5. The Bertz CT molecular complexity index is 400. The number of hydrogen-bond donors (Lipinski definition) is 1. The molecular formula is C15H20O. The third-order valence-electron chi connectivity index (χ3n) is 4.59. The van der Waals surface area contributed by atoms with E-state index in [4.69, 9.17) is 0 Å². The minimum absolute atomic E-state index is 0.213. The van der Waals surface area contributed by atoms with E-state index in [1.54, 1.807) is 0 Å². The number of aliphatic hydroxyl groups excluding tert-OH is 1. The summed E-state index contributed by atoms with van der Waals surface area (Å²) < 4.78 is 0. The van der Waals surface area contributed by atoms with Crippen LogP contribution in [-0.2, 0) is 0 Å². The molecule has 0 aliphatic heterocycles. The number of fused-ring (bicyclic) bond motifs is 1. The van der Waals surface area contributed by atoms with E-state index < -0.39 is 0 Å². The van der Waals surface area contributed by atoms with E-state index in [2.05, 4.69) is 32.0 Å². The van der Waals surface area contributed by atoms with Gasteiger partial charge in [-0.1, -0.05) is 30.2 Å². The van der Waals surface area contributed by atoms with Crippen LogP contribution in [0.15, 0.2) is 18.2 Å². The molecule has 0 aromatic heterocycles. The quantitative estimate of drug-likeness (QED) is 0.803.